The topological polar surface area (TPSA) is 69.6 Å². The van der Waals surface area contributed by atoms with Gasteiger partial charge in [0.05, 0.1) is 0 Å². The van der Waals surface area contributed by atoms with Crippen LogP contribution in [0.2, 0.25) is 0 Å². The molecule has 4 unspecified atom stereocenters. The highest BCUT2D eigenvalue weighted by molar-refractivity contribution is 7.98. The molecule has 6 heteroatoms. The zero-order chi connectivity index (χ0) is 14.0. The zero-order valence-electron chi connectivity index (χ0n) is 11.5. The molecule has 0 aromatic carbocycles. The molecule has 2 fully saturated rings. The Bertz CT molecular complexity index is 364. The molecular weight excluding hydrogens is 264 g/mol. The van der Waals surface area contributed by atoms with Crippen molar-refractivity contribution in [2.75, 3.05) is 18.6 Å². The fraction of sp³-hybridized carbons (Fsp3) is 0.846. The van der Waals surface area contributed by atoms with Crippen LogP contribution in [0.25, 0.3) is 0 Å². The van der Waals surface area contributed by atoms with Gasteiger partial charge in [-0.05, 0) is 37.9 Å². The second-order valence-electron chi connectivity index (χ2n) is 5.60. The van der Waals surface area contributed by atoms with E-state index >= 15 is 0 Å². The molecule has 19 heavy (non-hydrogen) atoms. The van der Waals surface area contributed by atoms with Crippen molar-refractivity contribution < 1.29 is 14.7 Å². The first-order valence-corrected chi connectivity index (χ1v) is 8.23. The summed E-state index contributed by atoms with van der Waals surface area (Å²) in [6.45, 7) is 2.54. The molecule has 1 aliphatic carbocycles. The number of likely N-dealkylation sites (tertiary alicyclic amines) is 1. The summed E-state index contributed by atoms with van der Waals surface area (Å²) in [7, 11) is 0. The standard InChI is InChI=1S/C13H22N2O3S/c1-8(7-19-2)14-13(18)15-6-9-4-3-5-10(9)11(15)12(16)17/h8-11H,3-7H2,1-2H3,(H,14,18)(H,16,17). The first-order chi connectivity index (χ1) is 9.04. The van der Waals surface area contributed by atoms with E-state index in [0.717, 1.165) is 25.0 Å². The van der Waals surface area contributed by atoms with Crippen molar-refractivity contribution >= 4 is 23.8 Å². The molecule has 0 radical (unpaired) electrons. The van der Waals surface area contributed by atoms with E-state index in [9.17, 15) is 14.7 Å². The Kier molecular flexibility index (Phi) is 4.60. The molecule has 108 valence electrons. The molecule has 0 aromatic heterocycles. The Hall–Kier alpha value is -0.910. The first kappa shape index (κ1) is 14.5. The number of carbonyl (C=O) groups excluding carboxylic acids is 1. The summed E-state index contributed by atoms with van der Waals surface area (Å²) in [4.78, 5) is 25.2. The van der Waals surface area contributed by atoms with Crippen LogP contribution < -0.4 is 5.32 Å². The number of carbonyl (C=O) groups is 2. The van der Waals surface area contributed by atoms with Crippen LogP contribution >= 0.6 is 11.8 Å². The number of rotatable bonds is 4. The third-order valence-corrected chi connectivity index (χ3v) is 5.02. The molecule has 0 bridgehead atoms. The van der Waals surface area contributed by atoms with Crippen molar-refractivity contribution in [3.05, 3.63) is 0 Å². The van der Waals surface area contributed by atoms with E-state index in [1.54, 1.807) is 11.8 Å². The molecule has 1 saturated heterocycles. The molecule has 2 aliphatic rings. The summed E-state index contributed by atoms with van der Waals surface area (Å²) in [5, 5.41) is 12.3. The van der Waals surface area contributed by atoms with E-state index < -0.39 is 12.0 Å². The summed E-state index contributed by atoms with van der Waals surface area (Å²) in [6.07, 6.45) is 5.07. The van der Waals surface area contributed by atoms with E-state index in [1.165, 1.54) is 4.90 Å². The second-order valence-corrected chi connectivity index (χ2v) is 6.51. The maximum Gasteiger partial charge on any atom is 0.326 e. The molecule has 1 saturated carbocycles. The lowest BCUT2D eigenvalue weighted by Crippen LogP contribution is -2.50. The van der Waals surface area contributed by atoms with E-state index in [0.29, 0.717) is 12.5 Å². The van der Waals surface area contributed by atoms with Gasteiger partial charge in [-0.2, -0.15) is 11.8 Å². The molecule has 1 aliphatic heterocycles. The van der Waals surface area contributed by atoms with Gasteiger partial charge in [-0.1, -0.05) is 6.42 Å². The number of nitrogens with one attached hydrogen (secondary N) is 1. The number of hydrogen-bond donors (Lipinski definition) is 2. The molecule has 2 rings (SSSR count). The van der Waals surface area contributed by atoms with Crippen molar-refractivity contribution in [3.8, 4) is 0 Å². The Morgan fingerprint density at radius 1 is 1.47 bits per heavy atom. The van der Waals surface area contributed by atoms with Crippen molar-refractivity contribution in [2.24, 2.45) is 11.8 Å². The van der Waals surface area contributed by atoms with Gasteiger partial charge in [0.25, 0.3) is 0 Å². The number of nitrogens with zero attached hydrogens (tertiary/aromatic N) is 1. The van der Waals surface area contributed by atoms with Gasteiger partial charge in [-0.25, -0.2) is 9.59 Å². The van der Waals surface area contributed by atoms with E-state index in [1.807, 2.05) is 13.2 Å². The van der Waals surface area contributed by atoms with Crippen LogP contribution in [0.4, 0.5) is 4.79 Å². The van der Waals surface area contributed by atoms with Gasteiger partial charge >= 0.3 is 12.0 Å². The van der Waals surface area contributed by atoms with Crippen LogP contribution in [0.15, 0.2) is 0 Å². The molecular formula is C13H22N2O3S. The lowest BCUT2D eigenvalue weighted by atomic mass is 9.94. The van der Waals surface area contributed by atoms with Crippen LogP contribution in [-0.2, 0) is 4.79 Å². The largest absolute Gasteiger partial charge is 0.480 e. The third kappa shape index (κ3) is 2.99. The zero-order valence-corrected chi connectivity index (χ0v) is 12.3. The highest BCUT2D eigenvalue weighted by atomic mass is 32.2. The number of aliphatic carboxylic acids is 1. The Morgan fingerprint density at radius 2 is 2.21 bits per heavy atom. The second kappa shape index (κ2) is 6.03. The van der Waals surface area contributed by atoms with E-state index in [4.69, 9.17) is 0 Å². The fourth-order valence-electron chi connectivity index (χ4n) is 3.42. The van der Waals surface area contributed by atoms with Gasteiger partial charge < -0.3 is 15.3 Å². The van der Waals surface area contributed by atoms with Crippen LogP contribution in [0.1, 0.15) is 26.2 Å². The minimum atomic E-state index is -0.859. The van der Waals surface area contributed by atoms with Gasteiger partial charge in [0.2, 0.25) is 0 Å². The third-order valence-electron chi connectivity index (χ3n) is 4.19. The SMILES string of the molecule is CSCC(C)NC(=O)N1CC2CCCC2C1C(=O)O. The summed E-state index contributed by atoms with van der Waals surface area (Å²) in [6, 6.07) is -0.783. The summed E-state index contributed by atoms with van der Waals surface area (Å²) in [5.41, 5.74) is 0. The number of hydrogen-bond acceptors (Lipinski definition) is 3. The number of amides is 2. The maximum atomic E-state index is 12.2. The summed E-state index contributed by atoms with van der Waals surface area (Å²) < 4.78 is 0. The van der Waals surface area contributed by atoms with Crippen LogP contribution in [0.3, 0.4) is 0 Å². The summed E-state index contributed by atoms with van der Waals surface area (Å²) >= 11 is 1.67. The number of carboxylic acids is 1. The van der Waals surface area contributed by atoms with Crippen molar-refractivity contribution in [1.29, 1.82) is 0 Å². The first-order valence-electron chi connectivity index (χ1n) is 6.83. The predicted octanol–water partition coefficient (Wildman–Crippen LogP) is 1.63. The highest BCUT2D eigenvalue weighted by Crippen LogP contribution is 2.42. The van der Waals surface area contributed by atoms with Crippen molar-refractivity contribution in [2.45, 2.75) is 38.3 Å². The predicted molar refractivity (Wildman–Crippen MR) is 75.3 cm³/mol. The number of carboxylic acid groups (broad SMARTS) is 1. The van der Waals surface area contributed by atoms with E-state index in [-0.39, 0.29) is 18.0 Å². The van der Waals surface area contributed by atoms with Crippen molar-refractivity contribution in [1.82, 2.24) is 10.2 Å². The molecule has 0 aromatic rings. The quantitative estimate of drug-likeness (QED) is 0.824. The number of urea groups is 1. The van der Waals surface area contributed by atoms with Crippen molar-refractivity contribution in [3.63, 3.8) is 0 Å². The van der Waals surface area contributed by atoms with Gasteiger partial charge in [-0.3, -0.25) is 0 Å². The van der Waals surface area contributed by atoms with Gasteiger partial charge in [0.15, 0.2) is 0 Å². The van der Waals surface area contributed by atoms with Crippen LogP contribution in [-0.4, -0.2) is 52.6 Å². The van der Waals surface area contributed by atoms with E-state index in [2.05, 4.69) is 5.32 Å². The smallest absolute Gasteiger partial charge is 0.326 e. The average Bonchev–Trinajstić information content (AvgIpc) is 2.86. The number of thioether (sulfide) groups is 1. The molecule has 4 atom stereocenters. The normalized spacial score (nSPS) is 31.1. The Morgan fingerprint density at radius 3 is 2.84 bits per heavy atom. The highest BCUT2D eigenvalue weighted by Gasteiger charge is 2.49. The Balaban J connectivity index is 2.02. The van der Waals surface area contributed by atoms with Crippen LogP contribution in [0, 0.1) is 11.8 Å². The molecule has 2 N–H and O–H groups in total. The van der Waals surface area contributed by atoms with Gasteiger partial charge in [0.1, 0.15) is 6.04 Å². The lowest BCUT2D eigenvalue weighted by molar-refractivity contribution is -0.142. The minimum Gasteiger partial charge on any atom is -0.480 e. The van der Waals surface area contributed by atoms with Gasteiger partial charge in [-0.15, -0.1) is 0 Å². The maximum absolute atomic E-state index is 12.2. The number of fused-ring (bicyclic) bond motifs is 1. The average molecular weight is 286 g/mol. The molecule has 1 heterocycles. The van der Waals surface area contributed by atoms with Crippen LogP contribution in [0.5, 0.6) is 0 Å². The Labute approximate surface area is 118 Å². The minimum absolute atomic E-state index is 0.0670. The lowest BCUT2D eigenvalue weighted by Gasteiger charge is -2.26. The van der Waals surface area contributed by atoms with Gasteiger partial charge in [0, 0.05) is 18.3 Å². The molecule has 0 spiro atoms. The molecule has 2 amide bonds. The monoisotopic (exact) mass is 286 g/mol. The molecule has 5 nitrogen and oxygen atoms in total. The summed E-state index contributed by atoms with van der Waals surface area (Å²) in [5.74, 6) is 0.508. The fourth-order valence-corrected chi connectivity index (χ4v) is 4.00.